The lowest BCUT2D eigenvalue weighted by Gasteiger charge is -2.33. The van der Waals surface area contributed by atoms with E-state index in [0.717, 1.165) is 25.7 Å². The van der Waals surface area contributed by atoms with Crippen LogP contribution in [0.5, 0.6) is 0 Å². The molecule has 1 atom stereocenters. The van der Waals surface area contributed by atoms with Crippen LogP contribution < -0.4 is 5.32 Å². The molecule has 1 unspecified atom stereocenters. The molecule has 1 N–H and O–H groups in total. The summed E-state index contributed by atoms with van der Waals surface area (Å²) in [5.74, 6) is 0. The maximum Gasteiger partial charge on any atom is 0.0230 e. The van der Waals surface area contributed by atoms with Gasteiger partial charge < -0.3 is 10.2 Å². The Morgan fingerprint density at radius 1 is 1.25 bits per heavy atom. The van der Waals surface area contributed by atoms with Crippen LogP contribution in [-0.4, -0.2) is 31.1 Å². The third-order valence-corrected chi connectivity index (χ3v) is 4.47. The Bertz CT molecular complexity index is 408. The molecular formula is C18H30N2. The van der Waals surface area contributed by atoms with E-state index in [1.807, 2.05) is 0 Å². The molecule has 1 fully saturated rings. The molecule has 1 aromatic rings. The van der Waals surface area contributed by atoms with Crippen molar-refractivity contribution in [1.29, 1.82) is 0 Å². The van der Waals surface area contributed by atoms with Gasteiger partial charge in [0.25, 0.3) is 0 Å². The van der Waals surface area contributed by atoms with E-state index in [1.165, 1.54) is 30.4 Å². The van der Waals surface area contributed by atoms with Gasteiger partial charge in [-0.2, -0.15) is 0 Å². The van der Waals surface area contributed by atoms with E-state index >= 15 is 0 Å². The summed E-state index contributed by atoms with van der Waals surface area (Å²) in [6.07, 6.45) is 3.98. The van der Waals surface area contributed by atoms with Crippen molar-refractivity contribution >= 4 is 0 Å². The van der Waals surface area contributed by atoms with Gasteiger partial charge in [0.2, 0.25) is 0 Å². The number of nitrogens with zero attached hydrogens (tertiary/aromatic N) is 1. The maximum atomic E-state index is 3.70. The van der Waals surface area contributed by atoms with E-state index in [2.05, 4.69) is 62.3 Å². The van der Waals surface area contributed by atoms with Crippen LogP contribution in [0, 0.1) is 12.3 Å². The molecule has 1 aromatic carbocycles. The first-order chi connectivity index (χ1) is 9.50. The Labute approximate surface area is 124 Å². The third kappa shape index (κ3) is 4.92. The predicted octanol–water partition coefficient (Wildman–Crippen LogP) is 3.60. The molecule has 20 heavy (non-hydrogen) atoms. The molecule has 1 aliphatic rings. The molecule has 1 aliphatic carbocycles. The molecule has 0 heterocycles. The average Bonchev–Trinajstić information content (AvgIpc) is 3.23. The van der Waals surface area contributed by atoms with Crippen LogP contribution in [0.1, 0.15) is 44.2 Å². The van der Waals surface area contributed by atoms with Crippen LogP contribution in [0.2, 0.25) is 0 Å². The van der Waals surface area contributed by atoms with Gasteiger partial charge in [-0.25, -0.2) is 0 Å². The molecule has 112 valence electrons. The highest BCUT2D eigenvalue weighted by atomic mass is 15.1. The number of aryl methyl sites for hydroxylation is 1. The maximum absolute atomic E-state index is 3.70. The Kier molecular flexibility index (Phi) is 5.22. The quantitative estimate of drug-likeness (QED) is 0.779. The molecule has 0 aliphatic heterocycles. The molecule has 0 saturated heterocycles. The normalized spacial score (nSPS) is 18.2. The van der Waals surface area contributed by atoms with Crippen molar-refractivity contribution in [3.63, 3.8) is 0 Å². The minimum atomic E-state index is 0.377. The monoisotopic (exact) mass is 274 g/mol. The molecule has 0 spiro atoms. The number of benzene rings is 1. The fourth-order valence-electron chi connectivity index (χ4n) is 2.68. The molecule has 2 heteroatoms. The Morgan fingerprint density at radius 2 is 1.90 bits per heavy atom. The summed E-state index contributed by atoms with van der Waals surface area (Å²) < 4.78 is 0. The van der Waals surface area contributed by atoms with Crippen LogP contribution in [0.15, 0.2) is 24.3 Å². The van der Waals surface area contributed by atoms with Gasteiger partial charge in [-0.3, -0.25) is 0 Å². The molecule has 0 radical (unpaired) electrons. The zero-order chi connectivity index (χ0) is 14.6. The van der Waals surface area contributed by atoms with E-state index < -0.39 is 0 Å². The van der Waals surface area contributed by atoms with Crippen molar-refractivity contribution in [3.8, 4) is 0 Å². The van der Waals surface area contributed by atoms with Gasteiger partial charge in [0.05, 0.1) is 0 Å². The van der Waals surface area contributed by atoms with Gasteiger partial charge in [-0.15, -0.1) is 0 Å². The van der Waals surface area contributed by atoms with Gasteiger partial charge in [-0.1, -0.05) is 43.7 Å². The number of hydrogen-bond donors (Lipinski definition) is 1. The zero-order valence-corrected chi connectivity index (χ0v) is 13.6. The summed E-state index contributed by atoms with van der Waals surface area (Å²) in [4.78, 5) is 2.46. The van der Waals surface area contributed by atoms with Crippen LogP contribution in [0.3, 0.4) is 0 Å². The predicted molar refractivity (Wildman–Crippen MR) is 86.9 cm³/mol. The number of nitrogens with one attached hydrogen (secondary N) is 1. The number of hydrogen-bond acceptors (Lipinski definition) is 2. The van der Waals surface area contributed by atoms with E-state index in [1.54, 1.807) is 0 Å². The van der Waals surface area contributed by atoms with Gasteiger partial charge in [0.15, 0.2) is 0 Å². The van der Waals surface area contributed by atoms with Crippen molar-refractivity contribution in [2.45, 2.75) is 52.6 Å². The molecule has 0 amide bonds. The minimum Gasteiger partial charge on any atom is -0.313 e. The van der Waals surface area contributed by atoms with Crippen molar-refractivity contribution in [1.82, 2.24) is 10.2 Å². The van der Waals surface area contributed by atoms with Crippen molar-refractivity contribution < 1.29 is 0 Å². The molecule has 0 aromatic heterocycles. The molecular weight excluding hydrogens is 244 g/mol. The Hall–Kier alpha value is -0.860. The Morgan fingerprint density at radius 3 is 2.45 bits per heavy atom. The smallest absolute Gasteiger partial charge is 0.0230 e. The first-order valence-corrected chi connectivity index (χ1v) is 7.98. The van der Waals surface area contributed by atoms with Gasteiger partial charge in [0.1, 0.15) is 0 Å². The summed E-state index contributed by atoms with van der Waals surface area (Å²) in [5, 5.41) is 3.70. The second kappa shape index (κ2) is 6.73. The third-order valence-electron chi connectivity index (χ3n) is 4.47. The van der Waals surface area contributed by atoms with Crippen LogP contribution in [0.4, 0.5) is 0 Å². The lowest BCUT2D eigenvalue weighted by Crippen LogP contribution is -2.41. The topological polar surface area (TPSA) is 15.3 Å². The number of rotatable bonds is 8. The summed E-state index contributed by atoms with van der Waals surface area (Å²) in [5.41, 5.74) is 3.12. The fraction of sp³-hybridized carbons (Fsp3) is 0.667. The summed E-state index contributed by atoms with van der Waals surface area (Å²) in [7, 11) is 2.24. The van der Waals surface area contributed by atoms with Crippen molar-refractivity contribution in [3.05, 3.63) is 35.4 Å². The van der Waals surface area contributed by atoms with Crippen LogP contribution in [0.25, 0.3) is 0 Å². The lowest BCUT2D eigenvalue weighted by atomic mass is 9.86. The van der Waals surface area contributed by atoms with Gasteiger partial charge >= 0.3 is 0 Å². The van der Waals surface area contributed by atoms with E-state index in [0.29, 0.717) is 5.41 Å². The minimum absolute atomic E-state index is 0.377. The largest absolute Gasteiger partial charge is 0.313 e. The summed E-state index contributed by atoms with van der Waals surface area (Å²) >= 11 is 0. The molecule has 2 nitrogen and oxygen atoms in total. The first-order valence-electron chi connectivity index (χ1n) is 7.98. The van der Waals surface area contributed by atoms with Crippen LogP contribution in [-0.2, 0) is 6.54 Å². The molecule has 2 rings (SSSR count). The lowest BCUT2D eigenvalue weighted by molar-refractivity contribution is 0.174. The molecule has 0 bridgehead atoms. The highest BCUT2D eigenvalue weighted by molar-refractivity contribution is 5.21. The van der Waals surface area contributed by atoms with Gasteiger partial charge in [0, 0.05) is 25.7 Å². The van der Waals surface area contributed by atoms with Crippen LogP contribution >= 0.6 is 0 Å². The highest BCUT2D eigenvalue weighted by Crippen LogP contribution is 2.25. The SMILES string of the molecule is CCC(C)(CNC1CC1)CN(C)Cc1ccc(C)cc1. The highest BCUT2D eigenvalue weighted by Gasteiger charge is 2.28. The second-order valence-corrected chi connectivity index (χ2v) is 6.98. The van der Waals surface area contributed by atoms with Gasteiger partial charge in [-0.05, 0) is 44.2 Å². The summed E-state index contributed by atoms with van der Waals surface area (Å²) in [6, 6.07) is 9.71. The van der Waals surface area contributed by atoms with Crippen molar-refractivity contribution in [2.75, 3.05) is 20.1 Å². The summed E-state index contributed by atoms with van der Waals surface area (Å²) in [6.45, 7) is 10.2. The van der Waals surface area contributed by atoms with E-state index in [4.69, 9.17) is 0 Å². The average molecular weight is 274 g/mol. The fourth-order valence-corrected chi connectivity index (χ4v) is 2.68. The van der Waals surface area contributed by atoms with Crippen molar-refractivity contribution in [2.24, 2.45) is 5.41 Å². The Balaban J connectivity index is 1.83. The molecule has 1 saturated carbocycles. The van der Waals surface area contributed by atoms with E-state index in [9.17, 15) is 0 Å². The van der Waals surface area contributed by atoms with E-state index in [-0.39, 0.29) is 0 Å². The standard InChI is InChI=1S/C18H30N2/c1-5-18(3,13-19-17-10-11-17)14-20(4)12-16-8-6-15(2)7-9-16/h6-9,17,19H,5,10-14H2,1-4H3. The first kappa shape index (κ1) is 15.5. The second-order valence-electron chi connectivity index (χ2n) is 6.98. The zero-order valence-electron chi connectivity index (χ0n) is 13.6.